The summed E-state index contributed by atoms with van der Waals surface area (Å²) >= 11 is 0. The van der Waals surface area contributed by atoms with Crippen LogP contribution in [0.4, 0.5) is 4.39 Å². The summed E-state index contributed by atoms with van der Waals surface area (Å²) < 4.78 is 47.2. The van der Waals surface area contributed by atoms with Crippen molar-refractivity contribution in [1.29, 1.82) is 0 Å². The normalized spacial score (nSPS) is 19.4. The molecular weight excluding hydrogens is 623 g/mol. The number of hydrogen-bond donors (Lipinski definition) is 2. The fraction of sp³-hybridized carbons (Fsp3) is 0.529. The van der Waals surface area contributed by atoms with Crippen molar-refractivity contribution in [3.63, 3.8) is 0 Å². The predicted octanol–water partition coefficient (Wildman–Crippen LogP) is 2.40. The van der Waals surface area contributed by atoms with E-state index in [1.807, 2.05) is 29.8 Å². The fourth-order valence-electron chi connectivity index (χ4n) is 6.99. The summed E-state index contributed by atoms with van der Waals surface area (Å²) in [5.74, 6) is -0.710. The number of halogens is 1. The molecule has 0 bridgehead atoms. The van der Waals surface area contributed by atoms with E-state index in [4.69, 9.17) is 9.84 Å². The Balaban J connectivity index is 1.18. The van der Waals surface area contributed by atoms with Crippen molar-refractivity contribution in [3.8, 4) is 11.3 Å². The van der Waals surface area contributed by atoms with Gasteiger partial charge in [-0.25, -0.2) is 12.8 Å². The lowest BCUT2D eigenvalue weighted by Crippen LogP contribution is -2.50. The number of benzene rings is 2. The van der Waals surface area contributed by atoms with Gasteiger partial charge < -0.3 is 20.1 Å². The Morgan fingerprint density at radius 3 is 2.49 bits per heavy atom. The summed E-state index contributed by atoms with van der Waals surface area (Å²) in [5, 5.41) is 19.1. The molecule has 0 radical (unpaired) electrons. The number of morpholine rings is 1. The van der Waals surface area contributed by atoms with E-state index in [1.165, 1.54) is 34.8 Å². The van der Waals surface area contributed by atoms with Gasteiger partial charge in [0.2, 0.25) is 10.0 Å². The largest absolute Gasteiger partial charge is 0.390 e. The van der Waals surface area contributed by atoms with E-state index in [1.54, 1.807) is 0 Å². The monoisotopic (exact) mass is 668 g/mol. The first-order chi connectivity index (χ1) is 22.5. The highest BCUT2D eigenvalue weighted by atomic mass is 32.2. The molecule has 13 heteroatoms. The highest BCUT2D eigenvalue weighted by molar-refractivity contribution is 7.88. The second-order valence-electron chi connectivity index (χ2n) is 13.0. The van der Waals surface area contributed by atoms with Gasteiger partial charge in [0.05, 0.1) is 37.8 Å². The number of piperidine rings is 1. The number of amides is 1. The van der Waals surface area contributed by atoms with E-state index in [2.05, 4.69) is 15.1 Å². The van der Waals surface area contributed by atoms with E-state index < -0.39 is 21.9 Å². The molecule has 0 saturated carbocycles. The van der Waals surface area contributed by atoms with Gasteiger partial charge in [-0.2, -0.15) is 9.40 Å². The summed E-state index contributed by atoms with van der Waals surface area (Å²) in [5.41, 5.74) is 5.50. The zero-order valence-corrected chi connectivity index (χ0v) is 28.0. The van der Waals surface area contributed by atoms with Crippen LogP contribution in [-0.4, -0.2) is 114 Å². The second-order valence-corrected chi connectivity index (χ2v) is 14.9. The molecular formula is C34H45FN6O5S. The highest BCUT2D eigenvalue weighted by Crippen LogP contribution is 2.32. The number of aliphatic hydroxyl groups excluding tert-OH is 1. The summed E-state index contributed by atoms with van der Waals surface area (Å²) in [7, 11) is -3.42. The van der Waals surface area contributed by atoms with Gasteiger partial charge >= 0.3 is 0 Å². The summed E-state index contributed by atoms with van der Waals surface area (Å²) in [6, 6.07) is 11.9. The summed E-state index contributed by atoms with van der Waals surface area (Å²) in [6.45, 7) is 9.11. The zero-order chi connectivity index (χ0) is 33.1. The van der Waals surface area contributed by atoms with Crippen molar-refractivity contribution < 1.29 is 27.4 Å². The molecule has 3 aliphatic rings. The average molecular weight is 669 g/mol. The van der Waals surface area contributed by atoms with Crippen LogP contribution >= 0.6 is 0 Å². The number of likely N-dealkylation sites (tertiary alicyclic amines) is 1. The second kappa shape index (κ2) is 14.5. The van der Waals surface area contributed by atoms with E-state index in [0.717, 1.165) is 80.2 Å². The molecule has 1 unspecified atom stereocenters. The van der Waals surface area contributed by atoms with Gasteiger partial charge in [0, 0.05) is 74.1 Å². The van der Waals surface area contributed by atoms with Crippen LogP contribution in [0, 0.1) is 12.7 Å². The molecule has 2 aromatic carbocycles. The van der Waals surface area contributed by atoms with Crippen LogP contribution in [0.1, 0.15) is 45.6 Å². The third-order valence-electron chi connectivity index (χ3n) is 9.71. The average Bonchev–Trinajstić information content (AvgIpc) is 3.42. The number of nitrogens with zero attached hydrogens (tertiary/aromatic N) is 5. The summed E-state index contributed by atoms with van der Waals surface area (Å²) in [4.78, 5) is 17.6. The molecule has 1 amide bonds. The van der Waals surface area contributed by atoms with Crippen LogP contribution in [0.2, 0.25) is 0 Å². The predicted molar refractivity (Wildman–Crippen MR) is 177 cm³/mol. The number of nitrogens with one attached hydrogen (secondary N) is 1. The molecule has 11 nitrogen and oxygen atoms in total. The minimum absolute atomic E-state index is 0.208. The van der Waals surface area contributed by atoms with Gasteiger partial charge in [-0.3, -0.25) is 14.4 Å². The van der Waals surface area contributed by atoms with Gasteiger partial charge in [-0.15, -0.1) is 0 Å². The number of carbonyl (C=O) groups excluding carboxylic acids is 1. The number of hydrogen-bond acceptors (Lipinski definition) is 8. The van der Waals surface area contributed by atoms with Gasteiger partial charge in [0.25, 0.3) is 5.91 Å². The number of rotatable bonds is 10. The molecule has 254 valence electrons. The smallest absolute Gasteiger partial charge is 0.251 e. The maximum absolute atomic E-state index is 13.3. The molecule has 3 aliphatic heterocycles. The Labute approximate surface area is 276 Å². The number of aryl methyl sites for hydroxylation is 1. The van der Waals surface area contributed by atoms with E-state index >= 15 is 0 Å². The zero-order valence-electron chi connectivity index (χ0n) is 27.2. The van der Waals surface area contributed by atoms with E-state index in [0.29, 0.717) is 43.4 Å². The van der Waals surface area contributed by atoms with Crippen LogP contribution in [0.25, 0.3) is 11.3 Å². The molecule has 2 saturated heterocycles. The lowest BCUT2D eigenvalue weighted by Gasteiger charge is -2.40. The van der Waals surface area contributed by atoms with Crippen molar-refractivity contribution >= 4 is 15.9 Å². The van der Waals surface area contributed by atoms with Crippen LogP contribution in [0.15, 0.2) is 42.5 Å². The molecule has 2 N–H and O–H groups in total. The third kappa shape index (κ3) is 8.10. The molecule has 2 fully saturated rings. The molecule has 3 aromatic rings. The van der Waals surface area contributed by atoms with Crippen molar-refractivity contribution in [2.75, 3.05) is 58.7 Å². The van der Waals surface area contributed by atoms with Crippen molar-refractivity contribution in [2.24, 2.45) is 0 Å². The molecule has 47 heavy (non-hydrogen) atoms. The Morgan fingerprint density at radius 2 is 1.79 bits per heavy atom. The first kappa shape index (κ1) is 33.7. The van der Waals surface area contributed by atoms with Crippen LogP contribution in [-0.2, 0) is 40.8 Å². The molecule has 1 aromatic heterocycles. The molecule has 0 spiro atoms. The SMILES string of the molecule is Cc1ccc(-c2nn(CC(O)CN3CCC(N4CCOCC4)CC3)c3c2CN(S(C)(=O)=O)CC3)cc1CNC(=O)c1ccc(F)cc1. The maximum Gasteiger partial charge on any atom is 0.251 e. The number of sulfonamides is 1. The lowest BCUT2D eigenvalue weighted by atomic mass is 9.98. The van der Waals surface area contributed by atoms with Crippen molar-refractivity contribution in [1.82, 2.24) is 29.2 Å². The van der Waals surface area contributed by atoms with Crippen LogP contribution < -0.4 is 5.32 Å². The van der Waals surface area contributed by atoms with Gasteiger partial charge in [0.1, 0.15) is 5.82 Å². The van der Waals surface area contributed by atoms with Gasteiger partial charge in [-0.05, 0) is 74.3 Å². The topological polar surface area (TPSA) is 120 Å². The number of aromatic nitrogens is 2. The highest BCUT2D eigenvalue weighted by Gasteiger charge is 2.31. The molecule has 0 aliphatic carbocycles. The quantitative estimate of drug-likeness (QED) is 0.338. The van der Waals surface area contributed by atoms with Gasteiger partial charge in [-0.1, -0.05) is 12.1 Å². The Hall–Kier alpha value is -3.20. The maximum atomic E-state index is 13.3. The van der Waals surface area contributed by atoms with E-state index in [-0.39, 0.29) is 19.0 Å². The third-order valence-corrected chi connectivity index (χ3v) is 11.0. The Bertz CT molecular complexity index is 1670. The number of ether oxygens (including phenoxy) is 1. The minimum atomic E-state index is -3.42. The summed E-state index contributed by atoms with van der Waals surface area (Å²) in [6.07, 6.45) is 3.25. The standard InChI is InChI=1S/C34H45FN6O5S/c1-24-3-4-26(19-27(24)20-36-34(43)25-5-7-28(35)8-6-25)33-31-23-40(47(2,44)45)14-11-32(31)41(37-33)22-30(42)21-38-12-9-29(10-13-38)39-15-17-46-18-16-39/h3-8,19,29-30,42H,9-18,20-23H2,1-2H3,(H,36,43). The number of aliphatic hydroxyl groups is 1. The number of carbonyl (C=O) groups is 1. The molecule has 1 atom stereocenters. The number of fused-ring (bicyclic) bond motifs is 1. The van der Waals surface area contributed by atoms with Crippen LogP contribution in [0.3, 0.4) is 0 Å². The van der Waals surface area contributed by atoms with Crippen LogP contribution in [0.5, 0.6) is 0 Å². The minimum Gasteiger partial charge on any atom is -0.390 e. The van der Waals surface area contributed by atoms with E-state index in [9.17, 15) is 22.7 Å². The first-order valence-electron chi connectivity index (χ1n) is 16.4. The molecule has 4 heterocycles. The Kier molecular flexibility index (Phi) is 10.4. The lowest BCUT2D eigenvalue weighted by molar-refractivity contribution is -0.00409. The fourth-order valence-corrected chi connectivity index (χ4v) is 7.77. The first-order valence-corrected chi connectivity index (χ1v) is 18.3. The van der Waals surface area contributed by atoms with Crippen molar-refractivity contribution in [2.45, 2.75) is 58.0 Å². The number of β-amino-alcohol motifs (C(OH)–C–C–N with tert-alkyl or cyclic N) is 1. The Morgan fingerprint density at radius 1 is 1.06 bits per heavy atom. The van der Waals surface area contributed by atoms with Crippen molar-refractivity contribution in [3.05, 3.63) is 76.2 Å². The van der Waals surface area contributed by atoms with Gasteiger partial charge in [0.15, 0.2) is 0 Å². The molecule has 6 rings (SSSR count).